The molecule has 2 aliphatic heterocycles. The van der Waals surface area contributed by atoms with Crippen molar-refractivity contribution in [2.24, 2.45) is 0 Å². The van der Waals surface area contributed by atoms with Crippen LogP contribution in [0.5, 0.6) is 0 Å². The molecular formula is C19H21N3O4. The monoisotopic (exact) mass is 355 g/mol. The van der Waals surface area contributed by atoms with Crippen LogP contribution in [-0.4, -0.2) is 42.3 Å². The first-order chi connectivity index (χ1) is 12.7. The minimum atomic E-state index is -0.465. The predicted molar refractivity (Wildman–Crippen MR) is 93.5 cm³/mol. The number of alkyl carbamates (subject to hydrolysis) is 1. The number of piperidine rings is 1. The van der Waals surface area contributed by atoms with Gasteiger partial charge in [-0.05, 0) is 17.7 Å². The predicted octanol–water partition coefficient (Wildman–Crippen LogP) is 2.65. The van der Waals surface area contributed by atoms with Gasteiger partial charge in [0, 0.05) is 25.9 Å². The van der Waals surface area contributed by atoms with Crippen LogP contribution in [0.15, 0.2) is 53.1 Å². The highest BCUT2D eigenvalue weighted by atomic mass is 16.6. The minimum Gasteiger partial charge on any atom is -0.467 e. The number of nitrogens with one attached hydrogen (secondary N) is 2. The Kier molecular flexibility index (Phi) is 4.28. The van der Waals surface area contributed by atoms with E-state index in [9.17, 15) is 9.59 Å². The number of hydrogen-bond acceptors (Lipinski definition) is 4. The van der Waals surface area contributed by atoms with Crippen LogP contribution >= 0.6 is 0 Å². The summed E-state index contributed by atoms with van der Waals surface area (Å²) in [6.45, 7) is 1.60. The maximum absolute atomic E-state index is 12.8. The molecule has 2 fully saturated rings. The van der Waals surface area contributed by atoms with Crippen molar-refractivity contribution in [1.29, 1.82) is 0 Å². The number of likely N-dealkylation sites (tertiary alicyclic amines) is 1. The Labute approximate surface area is 151 Å². The quantitative estimate of drug-likeness (QED) is 0.887. The molecule has 2 N–H and O–H groups in total. The summed E-state index contributed by atoms with van der Waals surface area (Å²) in [7, 11) is 0. The Morgan fingerprint density at radius 2 is 1.92 bits per heavy atom. The molecule has 1 spiro atoms. The third kappa shape index (κ3) is 3.24. The van der Waals surface area contributed by atoms with E-state index in [1.165, 1.54) is 0 Å². The molecule has 2 aromatic rings. The Bertz CT molecular complexity index is 767. The topological polar surface area (TPSA) is 83.8 Å². The number of nitrogens with zero attached hydrogens (tertiary/aromatic N) is 1. The summed E-state index contributed by atoms with van der Waals surface area (Å²) in [5, 5.41) is 5.77. The summed E-state index contributed by atoms with van der Waals surface area (Å²) < 4.78 is 10.9. The number of carbonyl (C=O) groups is 2. The van der Waals surface area contributed by atoms with Gasteiger partial charge in [0.1, 0.15) is 17.4 Å². The maximum atomic E-state index is 12.8. The van der Waals surface area contributed by atoms with E-state index in [1.807, 2.05) is 42.5 Å². The molecule has 3 heterocycles. The number of furan rings is 1. The highest BCUT2D eigenvalue weighted by molar-refractivity contribution is 5.75. The molecule has 4 rings (SSSR count). The fraction of sp³-hybridized carbons (Fsp3) is 0.368. The SMILES string of the molecule is O=C1NCC2(CCN(C(=O)N[C@@H](c3ccccc3)c3ccco3)CC2)O1. The molecule has 3 amide bonds. The van der Waals surface area contributed by atoms with Gasteiger partial charge in [-0.15, -0.1) is 0 Å². The van der Waals surface area contributed by atoms with Crippen LogP contribution in [0, 0.1) is 0 Å². The van der Waals surface area contributed by atoms with Crippen LogP contribution in [0.25, 0.3) is 0 Å². The van der Waals surface area contributed by atoms with Crippen LogP contribution in [0.4, 0.5) is 9.59 Å². The van der Waals surface area contributed by atoms with Crippen LogP contribution in [-0.2, 0) is 4.74 Å². The van der Waals surface area contributed by atoms with Crippen molar-refractivity contribution in [1.82, 2.24) is 15.5 Å². The van der Waals surface area contributed by atoms with Gasteiger partial charge < -0.3 is 24.7 Å². The number of amides is 3. The molecule has 0 radical (unpaired) electrons. The van der Waals surface area contributed by atoms with Gasteiger partial charge in [0.25, 0.3) is 0 Å². The van der Waals surface area contributed by atoms with Gasteiger partial charge >= 0.3 is 12.1 Å². The van der Waals surface area contributed by atoms with E-state index in [1.54, 1.807) is 11.2 Å². The summed E-state index contributed by atoms with van der Waals surface area (Å²) in [5.74, 6) is 0.687. The van der Waals surface area contributed by atoms with Gasteiger partial charge in [-0.25, -0.2) is 9.59 Å². The van der Waals surface area contributed by atoms with Gasteiger partial charge in [-0.2, -0.15) is 0 Å². The molecule has 0 aliphatic carbocycles. The third-order valence-electron chi connectivity index (χ3n) is 5.05. The summed E-state index contributed by atoms with van der Waals surface area (Å²) in [6, 6.07) is 12.9. The van der Waals surface area contributed by atoms with E-state index in [0.717, 1.165) is 5.56 Å². The molecule has 7 heteroatoms. The van der Waals surface area contributed by atoms with Crippen molar-refractivity contribution < 1.29 is 18.7 Å². The Morgan fingerprint density at radius 1 is 1.15 bits per heavy atom. The molecule has 1 atom stereocenters. The number of ether oxygens (including phenoxy) is 1. The third-order valence-corrected chi connectivity index (χ3v) is 5.05. The van der Waals surface area contributed by atoms with Gasteiger partial charge in [0.15, 0.2) is 0 Å². The molecule has 0 saturated carbocycles. The maximum Gasteiger partial charge on any atom is 0.407 e. The molecule has 1 aromatic carbocycles. The highest BCUT2D eigenvalue weighted by Gasteiger charge is 2.43. The Morgan fingerprint density at radius 3 is 2.54 bits per heavy atom. The second kappa shape index (κ2) is 6.74. The minimum absolute atomic E-state index is 0.151. The van der Waals surface area contributed by atoms with Gasteiger partial charge in [-0.3, -0.25) is 0 Å². The molecule has 7 nitrogen and oxygen atoms in total. The lowest BCUT2D eigenvalue weighted by molar-refractivity contribution is 0.00957. The van der Waals surface area contributed by atoms with Crippen LogP contribution < -0.4 is 10.6 Å². The number of rotatable bonds is 3. The van der Waals surface area contributed by atoms with Crippen molar-refractivity contribution in [2.75, 3.05) is 19.6 Å². The van der Waals surface area contributed by atoms with E-state index >= 15 is 0 Å². The molecule has 0 bridgehead atoms. The first-order valence-electron chi connectivity index (χ1n) is 8.76. The zero-order valence-electron chi connectivity index (χ0n) is 14.3. The lowest BCUT2D eigenvalue weighted by Crippen LogP contribution is -2.51. The second-order valence-corrected chi connectivity index (χ2v) is 6.72. The van der Waals surface area contributed by atoms with Crippen molar-refractivity contribution in [2.45, 2.75) is 24.5 Å². The molecule has 1 aromatic heterocycles. The van der Waals surface area contributed by atoms with Crippen molar-refractivity contribution in [3.05, 3.63) is 60.1 Å². The first-order valence-corrected chi connectivity index (χ1v) is 8.76. The zero-order valence-corrected chi connectivity index (χ0v) is 14.3. The summed E-state index contributed by atoms with van der Waals surface area (Å²) in [5.41, 5.74) is 0.492. The van der Waals surface area contributed by atoms with Crippen molar-refractivity contribution in [3.8, 4) is 0 Å². The summed E-state index contributed by atoms with van der Waals surface area (Å²) in [6.07, 6.45) is 2.50. The molecule has 136 valence electrons. The number of carbonyl (C=O) groups excluding carboxylic acids is 2. The van der Waals surface area contributed by atoms with Gasteiger partial charge in [0.05, 0.1) is 12.8 Å². The van der Waals surface area contributed by atoms with E-state index in [0.29, 0.717) is 38.2 Å². The van der Waals surface area contributed by atoms with Gasteiger partial charge in [0.2, 0.25) is 0 Å². The van der Waals surface area contributed by atoms with Crippen LogP contribution in [0.2, 0.25) is 0 Å². The van der Waals surface area contributed by atoms with Crippen LogP contribution in [0.1, 0.15) is 30.2 Å². The number of urea groups is 1. The first kappa shape index (κ1) is 16.5. The fourth-order valence-electron chi connectivity index (χ4n) is 3.53. The van der Waals surface area contributed by atoms with E-state index in [4.69, 9.17) is 9.15 Å². The average Bonchev–Trinajstić information content (AvgIpc) is 3.31. The number of benzene rings is 1. The standard InChI is InChI=1S/C19H21N3O4/c23-17(22-10-8-19(9-11-22)13-20-18(24)26-19)21-16(15-7-4-12-25-15)14-5-2-1-3-6-14/h1-7,12,16H,8-11,13H2,(H,20,24)(H,21,23)/t16-/m0/s1. The molecular weight excluding hydrogens is 334 g/mol. The summed E-state index contributed by atoms with van der Waals surface area (Å²) in [4.78, 5) is 25.9. The van der Waals surface area contributed by atoms with E-state index < -0.39 is 5.60 Å². The Balaban J connectivity index is 1.44. The zero-order chi connectivity index (χ0) is 18.0. The van der Waals surface area contributed by atoms with E-state index in [2.05, 4.69) is 10.6 Å². The number of hydrogen-bond donors (Lipinski definition) is 2. The van der Waals surface area contributed by atoms with Crippen LogP contribution in [0.3, 0.4) is 0 Å². The Hall–Kier alpha value is -2.96. The van der Waals surface area contributed by atoms with Crippen molar-refractivity contribution >= 4 is 12.1 Å². The second-order valence-electron chi connectivity index (χ2n) is 6.72. The summed E-state index contributed by atoms with van der Waals surface area (Å²) >= 11 is 0. The van der Waals surface area contributed by atoms with Crippen molar-refractivity contribution in [3.63, 3.8) is 0 Å². The fourth-order valence-corrected chi connectivity index (χ4v) is 3.53. The lowest BCUT2D eigenvalue weighted by Gasteiger charge is -2.37. The smallest absolute Gasteiger partial charge is 0.407 e. The average molecular weight is 355 g/mol. The highest BCUT2D eigenvalue weighted by Crippen LogP contribution is 2.30. The molecule has 2 aliphatic rings. The van der Waals surface area contributed by atoms with E-state index in [-0.39, 0.29) is 18.2 Å². The lowest BCUT2D eigenvalue weighted by atomic mass is 9.92. The van der Waals surface area contributed by atoms with Gasteiger partial charge in [-0.1, -0.05) is 30.3 Å². The molecule has 0 unspecified atom stereocenters. The normalized spacial score (nSPS) is 19.7. The molecule has 26 heavy (non-hydrogen) atoms. The largest absolute Gasteiger partial charge is 0.467 e. The molecule has 2 saturated heterocycles.